The van der Waals surface area contributed by atoms with Crippen LogP contribution in [-0.4, -0.2) is 27.7 Å². The van der Waals surface area contributed by atoms with Gasteiger partial charge in [-0.3, -0.25) is 14.9 Å². The molecule has 0 radical (unpaired) electrons. The number of hydrogen-bond donors (Lipinski definition) is 2. The summed E-state index contributed by atoms with van der Waals surface area (Å²) in [5.41, 5.74) is 5.86. The fourth-order valence-electron chi connectivity index (χ4n) is 2.40. The van der Waals surface area contributed by atoms with Crippen LogP contribution in [0.5, 0.6) is 0 Å². The number of carbonyl (C=O) groups excluding carboxylic acids is 2. The number of hydrogen-bond acceptors (Lipinski definition) is 7. The lowest BCUT2D eigenvalue weighted by Gasteiger charge is -2.05. The van der Waals surface area contributed by atoms with E-state index >= 15 is 0 Å². The number of carbonyl (C=O) groups is 2. The number of rotatable bonds is 6. The summed E-state index contributed by atoms with van der Waals surface area (Å²) in [4.78, 5) is 28.0. The van der Waals surface area contributed by atoms with Crippen LogP contribution in [0.2, 0.25) is 5.02 Å². The molecule has 146 valence electrons. The Labute approximate surface area is 172 Å². The highest BCUT2D eigenvalue weighted by Gasteiger charge is 2.26. The molecule has 0 atom stereocenters. The van der Waals surface area contributed by atoms with Crippen LogP contribution in [-0.2, 0) is 4.79 Å². The van der Waals surface area contributed by atoms with Gasteiger partial charge in [-0.05, 0) is 26.0 Å². The van der Waals surface area contributed by atoms with Gasteiger partial charge in [-0.15, -0.1) is 11.8 Å². The van der Waals surface area contributed by atoms with Gasteiger partial charge >= 0.3 is 0 Å². The van der Waals surface area contributed by atoms with Gasteiger partial charge in [0, 0.05) is 0 Å². The first-order chi connectivity index (χ1) is 13.3. The molecule has 2 aromatic heterocycles. The Morgan fingerprint density at radius 1 is 1.39 bits per heavy atom. The third kappa shape index (κ3) is 4.18. The predicted octanol–water partition coefficient (Wildman–Crippen LogP) is 4.04. The molecule has 0 aliphatic rings. The van der Waals surface area contributed by atoms with Crippen molar-refractivity contribution in [3.63, 3.8) is 0 Å². The third-order valence-corrected chi connectivity index (χ3v) is 6.38. The second kappa shape index (κ2) is 8.29. The van der Waals surface area contributed by atoms with Gasteiger partial charge < -0.3 is 10.3 Å². The summed E-state index contributed by atoms with van der Waals surface area (Å²) in [7, 11) is 0. The number of nitrogens with zero attached hydrogens (tertiary/aromatic N) is 2. The van der Waals surface area contributed by atoms with E-state index in [0.717, 1.165) is 4.21 Å². The number of aryl methyl sites for hydroxylation is 2. The van der Waals surface area contributed by atoms with Crippen LogP contribution in [0.4, 0.5) is 9.52 Å². The van der Waals surface area contributed by atoms with E-state index in [9.17, 15) is 14.0 Å². The lowest BCUT2D eigenvalue weighted by Crippen LogP contribution is -2.13. The summed E-state index contributed by atoms with van der Waals surface area (Å²) in [6.07, 6.45) is 0. The van der Waals surface area contributed by atoms with Crippen LogP contribution in [0.15, 0.2) is 26.9 Å². The Hall–Kier alpha value is -2.43. The molecule has 0 spiro atoms. The first-order valence-corrected chi connectivity index (χ1v) is 10.1. The topological polar surface area (TPSA) is 111 Å². The molecule has 3 rings (SSSR count). The Bertz CT molecular complexity index is 1050. The molecule has 0 aliphatic carbocycles. The number of halogens is 2. The average Bonchev–Trinajstić information content (AvgIpc) is 3.15. The fraction of sp³-hybridized carbons (Fsp3) is 0.176. The molecule has 2 amide bonds. The second-order valence-electron chi connectivity index (χ2n) is 5.66. The van der Waals surface area contributed by atoms with Crippen LogP contribution >= 0.6 is 34.7 Å². The monoisotopic (exact) mass is 440 g/mol. The van der Waals surface area contributed by atoms with Gasteiger partial charge in [-0.2, -0.15) is 0 Å². The van der Waals surface area contributed by atoms with Crippen molar-refractivity contribution in [2.75, 3.05) is 11.1 Å². The number of nitrogens with one attached hydrogen (secondary N) is 1. The number of benzene rings is 1. The summed E-state index contributed by atoms with van der Waals surface area (Å²) < 4.78 is 20.1. The van der Waals surface area contributed by atoms with Gasteiger partial charge in [-0.25, -0.2) is 9.37 Å². The summed E-state index contributed by atoms with van der Waals surface area (Å²) in [5.74, 6) is -1.31. The molecule has 0 saturated heterocycles. The summed E-state index contributed by atoms with van der Waals surface area (Å²) >= 11 is 8.53. The molecule has 11 heteroatoms. The van der Waals surface area contributed by atoms with E-state index in [1.165, 1.54) is 41.3 Å². The lowest BCUT2D eigenvalue weighted by molar-refractivity contribution is -0.115. The maximum atomic E-state index is 14.3. The van der Waals surface area contributed by atoms with Crippen molar-refractivity contribution in [2.24, 2.45) is 5.73 Å². The van der Waals surface area contributed by atoms with Gasteiger partial charge in [0.25, 0.3) is 5.91 Å². The van der Waals surface area contributed by atoms with Gasteiger partial charge in [0.05, 0.1) is 26.2 Å². The molecular weight excluding hydrogens is 427 g/mol. The first kappa shape index (κ1) is 20.3. The van der Waals surface area contributed by atoms with Gasteiger partial charge in [0.1, 0.15) is 22.8 Å². The zero-order valence-electron chi connectivity index (χ0n) is 14.7. The van der Waals surface area contributed by atoms with Crippen molar-refractivity contribution in [3.8, 4) is 11.3 Å². The number of amides is 2. The molecule has 0 bridgehead atoms. The standard InChI is InChI=1S/C17H14ClFN4O3S2/c1-7-16(27-6-11(20)24)28-17(21-7)22-15(25)12-8(2)26-23-14(12)13-9(18)4-3-5-10(13)19/h3-5H,6H2,1-2H3,(H2,20,24)(H,21,22,25). The van der Waals surface area contributed by atoms with Crippen molar-refractivity contribution in [1.29, 1.82) is 0 Å². The van der Waals surface area contributed by atoms with Crippen molar-refractivity contribution < 1.29 is 18.5 Å². The van der Waals surface area contributed by atoms with E-state index in [-0.39, 0.29) is 33.4 Å². The maximum Gasteiger partial charge on any atom is 0.263 e. The molecule has 2 heterocycles. The van der Waals surface area contributed by atoms with Crippen molar-refractivity contribution in [2.45, 2.75) is 18.1 Å². The highest BCUT2D eigenvalue weighted by Crippen LogP contribution is 2.35. The van der Waals surface area contributed by atoms with E-state index in [0.29, 0.717) is 10.8 Å². The average molecular weight is 441 g/mol. The largest absolute Gasteiger partial charge is 0.369 e. The molecule has 1 aromatic carbocycles. The van der Waals surface area contributed by atoms with Crippen molar-refractivity contribution in [3.05, 3.63) is 46.1 Å². The highest BCUT2D eigenvalue weighted by atomic mass is 35.5. The Kier molecular flexibility index (Phi) is 6.01. The Balaban J connectivity index is 1.90. The number of aromatic nitrogens is 2. The van der Waals surface area contributed by atoms with Crippen LogP contribution in [0, 0.1) is 19.7 Å². The number of thioether (sulfide) groups is 1. The minimum Gasteiger partial charge on any atom is -0.369 e. The van der Waals surface area contributed by atoms with E-state index in [4.69, 9.17) is 21.9 Å². The van der Waals surface area contributed by atoms with Crippen LogP contribution < -0.4 is 11.1 Å². The molecule has 0 saturated carbocycles. The Morgan fingerprint density at radius 2 is 2.14 bits per heavy atom. The van der Waals surface area contributed by atoms with E-state index in [2.05, 4.69) is 15.5 Å². The number of thiazole rings is 1. The molecule has 0 fully saturated rings. The molecule has 0 unspecified atom stereocenters. The first-order valence-electron chi connectivity index (χ1n) is 7.88. The van der Waals surface area contributed by atoms with Crippen LogP contribution in [0.3, 0.4) is 0 Å². The minimum atomic E-state index is -0.620. The number of anilines is 1. The SMILES string of the molecule is Cc1nc(NC(=O)c2c(-c3c(F)cccc3Cl)noc2C)sc1SCC(N)=O. The normalized spacial score (nSPS) is 10.9. The van der Waals surface area contributed by atoms with E-state index in [1.807, 2.05) is 0 Å². The van der Waals surface area contributed by atoms with Crippen molar-refractivity contribution >= 4 is 51.6 Å². The minimum absolute atomic E-state index is 0.00899. The zero-order valence-corrected chi connectivity index (χ0v) is 17.1. The maximum absolute atomic E-state index is 14.3. The van der Waals surface area contributed by atoms with Gasteiger partial charge in [0.2, 0.25) is 5.91 Å². The van der Waals surface area contributed by atoms with Crippen LogP contribution in [0.1, 0.15) is 21.8 Å². The van der Waals surface area contributed by atoms with Crippen LogP contribution in [0.25, 0.3) is 11.3 Å². The lowest BCUT2D eigenvalue weighted by atomic mass is 10.1. The van der Waals surface area contributed by atoms with E-state index in [1.54, 1.807) is 13.8 Å². The predicted molar refractivity (Wildman–Crippen MR) is 106 cm³/mol. The molecule has 7 nitrogen and oxygen atoms in total. The fourth-order valence-corrected chi connectivity index (χ4v) is 4.53. The smallest absolute Gasteiger partial charge is 0.263 e. The molecular formula is C17H14ClFN4O3S2. The molecule has 0 aliphatic heterocycles. The summed E-state index contributed by atoms with van der Waals surface area (Å²) in [6.45, 7) is 3.30. The zero-order chi connectivity index (χ0) is 20.4. The summed E-state index contributed by atoms with van der Waals surface area (Å²) in [6, 6.07) is 4.18. The van der Waals surface area contributed by atoms with Crippen molar-refractivity contribution in [1.82, 2.24) is 10.1 Å². The van der Waals surface area contributed by atoms with E-state index < -0.39 is 17.6 Å². The van der Waals surface area contributed by atoms with Gasteiger partial charge in [-0.1, -0.05) is 34.2 Å². The van der Waals surface area contributed by atoms with Gasteiger partial charge in [0.15, 0.2) is 5.13 Å². The Morgan fingerprint density at radius 3 is 2.82 bits per heavy atom. The summed E-state index contributed by atoms with van der Waals surface area (Å²) in [5, 5.41) is 6.89. The number of nitrogens with two attached hydrogens (primary N) is 1. The quantitative estimate of drug-likeness (QED) is 0.559. The second-order valence-corrected chi connectivity index (χ2v) is 8.31. The third-order valence-electron chi connectivity index (χ3n) is 3.61. The number of primary amides is 1. The molecule has 3 aromatic rings. The highest BCUT2D eigenvalue weighted by molar-refractivity contribution is 8.01. The molecule has 28 heavy (non-hydrogen) atoms. The molecule has 3 N–H and O–H groups in total.